The first-order chi connectivity index (χ1) is 7.74. The zero-order chi connectivity index (χ0) is 11.4. The van der Waals surface area contributed by atoms with E-state index in [1.54, 1.807) is 0 Å². The smallest absolute Gasteiger partial charge is 0.178 e. The summed E-state index contributed by atoms with van der Waals surface area (Å²) in [7, 11) is 0. The van der Waals surface area contributed by atoms with Gasteiger partial charge in [0.15, 0.2) is 11.5 Å². The molecular formula is C14H14O2. The molecule has 0 unspecified atom stereocenters. The third kappa shape index (κ3) is 2.76. The van der Waals surface area contributed by atoms with E-state index in [0.717, 1.165) is 5.56 Å². The maximum atomic E-state index is 5.21. The number of aryl methyl sites for hydroxylation is 2. The summed E-state index contributed by atoms with van der Waals surface area (Å²) in [4.78, 5) is 10.4. The molecule has 0 fully saturated rings. The molecule has 2 rings (SSSR count). The second kappa shape index (κ2) is 4.71. The first kappa shape index (κ1) is 10.6. The van der Waals surface area contributed by atoms with Crippen LogP contribution in [-0.2, 0) is 0 Å². The van der Waals surface area contributed by atoms with Gasteiger partial charge in [-0.1, -0.05) is 29.8 Å². The van der Waals surface area contributed by atoms with Crippen molar-refractivity contribution in [1.29, 1.82) is 0 Å². The Morgan fingerprint density at radius 1 is 0.688 bits per heavy atom. The van der Waals surface area contributed by atoms with Crippen LogP contribution in [0.25, 0.3) is 0 Å². The van der Waals surface area contributed by atoms with Crippen LogP contribution in [0.1, 0.15) is 11.1 Å². The summed E-state index contributed by atoms with van der Waals surface area (Å²) in [6.45, 7) is 4.05. The van der Waals surface area contributed by atoms with Gasteiger partial charge < -0.3 is 0 Å². The van der Waals surface area contributed by atoms with Crippen molar-refractivity contribution < 1.29 is 9.78 Å². The highest BCUT2D eigenvalue weighted by atomic mass is 17.2. The summed E-state index contributed by atoms with van der Waals surface area (Å²) in [5.41, 5.74) is 2.34. The number of benzene rings is 2. The summed E-state index contributed by atoms with van der Waals surface area (Å²) in [6.07, 6.45) is 0. The molecule has 0 aliphatic rings. The molecule has 0 spiro atoms. The van der Waals surface area contributed by atoms with E-state index in [2.05, 4.69) is 0 Å². The molecule has 2 nitrogen and oxygen atoms in total. The molecule has 0 amide bonds. The Kier molecular flexibility index (Phi) is 3.10. The van der Waals surface area contributed by atoms with Crippen molar-refractivity contribution in [2.24, 2.45) is 0 Å². The number of hydrogen-bond donors (Lipinski definition) is 0. The minimum Gasteiger partial charge on any atom is -0.290 e. The lowest BCUT2D eigenvalue weighted by Gasteiger charge is -2.06. The molecule has 0 aromatic heterocycles. The Morgan fingerprint density at radius 3 is 2.06 bits per heavy atom. The summed E-state index contributed by atoms with van der Waals surface area (Å²) in [5, 5.41) is 0. The van der Waals surface area contributed by atoms with Gasteiger partial charge in [-0.05, 0) is 43.7 Å². The van der Waals surface area contributed by atoms with Crippen LogP contribution in [0.3, 0.4) is 0 Å². The maximum absolute atomic E-state index is 5.21. The van der Waals surface area contributed by atoms with Crippen LogP contribution in [0.5, 0.6) is 11.5 Å². The molecule has 0 aliphatic carbocycles. The Labute approximate surface area is 95.4 Å². The fraction of sp³-hybridized carbons (Fsp3) is 0.143. The number of rotatable bonds is 3. The second-order valence-electron chi connectivity index (χ2n) is 3.80. The molecule has 82 valence electrons. The zero-order valence-corrected chi connectivity index (χ0v) is 9.44. The van der Waals surface area contributed by atoms with Crippen molar-refractivity contribution >= 4 is 0 Å². The maximum Gasteiger partial charge on any atom is 0.178 e. The minimum absolute atomic E-state index is 0.701. The van der Waals surface area contributed by atoms with Gasteiger partial charge in [0.2, 0.25) is 0 Å². The van der Waals surface area contributed by atoms with Gasteiger partial charge in [-0.2, -0.15) is 0 Å². The van der Waals surface area contributed by atoms with E-state index in [0.29, 0.717) is 11.5 Å². The fourth-order valence-corrected chi connectivity index (χ4v) is 1.36. The van der Waals surface area contributed by atoms with Crippen LogP contribution in [0.15, 0.2) is 48.5 Å². The van der Waals surface area contributed by atoms with Crippen LogP contribution in [0.4, 0.5) is 0 Å². The van der Waals surface area contributed by atoms with Crippen LogP contribution < -0.4 is 9.78 Å². The lowest BCUT2D eigenvalue weighted by molar-refractivity contribution is -0.0999. The molecule has 0 atom stereocenters. The van der Waals surface area contributed by atoms with Crippen molar-refractivity contribution in [2.75, 3.05) is 0 Å². The standard InChI is InChI=1S/C14H14O2/c1-11-6-8-13(9-7-11)15-16-14-5-3-4-12(2)10-14/h3-10H,1-2H3. The van der Waals surface area contributed by atoms with E-state index in [1.807, 2.05) is 62.4 Å². The van der Waals surface area contributed by atoms with Crippen molar-refractivity contribution in [3.05, 3.63) is 59.7 Å². The lowest BCUT2D eigenvalue weighted by atomic mass is 10.2. The Balaban J connectivity index is 1.99. The predicted octanol–water partition coefficient (Wildman–Crippen LogP) is 3.68. The molecule has 2 aromatic carbocycles. The molecule has 0 N–H and O–H groups in total. The van der Waals surface area contributed by atoms with Crippen molar-refractivity contribution in [2.45, 2.75) is 13.8 Å². The van der Waals surface area contributed by atoms with Gasteiger partial charge in [0, 0.05) is 0 Å². The molecule has 2 heteroatoms. The lowest BCUT2D eigenvalue weighted by Crippen LogP contribution is -2.00. The summed E-state index contributed by atoms with van der Waals surface area (Å²) in [6, 6.07) is 15.5. The Hall–Kier alpha value is -1.96. The Bertz CT molecular complexity index is 460. The average Bonchev–Trinajstić information content (AvgIpc) is 2.28. The van der Waals surface area contributed by atoms with Crippen molar-refractivity contribution in [1.82, 2.24) is 0 Å². The van der Waals surface area contributed by atoms with Gasteiger partial charge in [0.25, 0.3) is 0 Å². The van der Waals surface area contributed by atoms with Crippen LogP contribution >= 0.6 is 0 Å². The third-order valence-electron chi connectivity index (χ3n) is 2.24. The highest BCUT2D eigenvalue weighted by molar-refractivity contribution is 5.28. The van der Waals surface area contributed by atoms with Crippen molar-refractivity contribution in [3.63, 3.8) is 0 Å². The van der Waals surface area contributed by atoms with E-state index in [1.165, 1.54) is 5.56 Å². The van der Waals surface area contributed by atoms with Crippen molar-refractivity contribution in [3.8, 4) is 11.5 Å². The third-order valence-corrected chi connectivity index (χ3v) is 2.24. The predicted molar refractivity (Wildman–Crippen MR) is 63.6 cm³/mol. The van der Waals surface area contributed by atoms with Crippen LogP contribution in [-0.4, -0.2) is 0 Å². The molecular weight excluding hydrogens is 200 g/mol. The van der Waals surface area contributed by atoms with Gasteiger partial charge >= 0.3 is 0 Å². The SMILES string of the molecule is Cc1ccc(OOc2cccc(C)c2)cc1. The van der Waals surface area contributed by atoms with Gasteiger partial charge in [-0.25, -0.2) is 0 Å². The highest BCUT2D eigenvalue weighted by Gasteiger charge is 1.97. The molecule has 0 bridgehead atoms. The molecule has 0 saturated carbocycles. The Morgan fingerprint density at radius 2 is 1.38 bits per heavy atom. The van der Waals surface area contributed by atoms with E-state index >= 15 is 0 Å². The summed E-state index contributed by atoms with van der Waals surface area (Å²) >= 11 is 0. The highest BCUT2D eigenvalue weighted by Crippen LogP contribution is 2.16. The topological polar surface area (TPSA) is 18.5 Å². The first-order valence-electron chi connectivity index (χ1n) is 5.22. The summed E-state index contributed by atoms with van der Waals surface area (Å²) in [5.74, 6) is 1.41. The van der Waals surface area contributed by atoms with Crippen LogP contribution in [0, 0.1) is 13.8 Å². The second-order valence-corrected chi connectivity index (χ2v) is 3.80. The zero-order valence-electron chi connectivity index (χ0n) is 9.44. The molecule has 16 heavy (non-hydrogen) atoms. The fourth-order valence-electron chi connectivity index (χ4n) is 1.36. The van der Waals surface area contributed by atoms with E-state index in [-0.39, 0.29) is 0 Å². The minimum atomic E-state index is 0.701. The van der Waals surface area contributed by atoms with E-state index in [4.69, 9.17) is 9.78 Å². The molecule has 0 aliphatic heterocycles. The van der Waals surface area contributed by atoms with Gasteiger partial charge in [-0.15, -0.1) is 0 Å². The molecule has 0 saturated heterocycles. The molecule has 2 aromatic rings. The monoisotopic (exact) mass is 214 g/mol. The van der Waals surface area contributed by atoms with Gasteiger partial charge in [0.1, 0.15) is 0 Å². The summed E-state index contributed by atoms with van der Waals surface area (Å²) < 4.78 is 0. The number of hydrogen-bond acceptors (Lipinski definition) is 2. The van der Waals surface area contributed by atoms with Gasteiger partial charge in [0.05, 0.1) is 0 Å². The molecule has 0 radical (unpaired) electrons. The van der Waals surface area contributed by atoms with Gasteiger partial charge in [-0.3, -0.25) is 9.78 Å². The van der Waals surface area contributed by atoms with E-state index < -0.39 is 0 Å². The van der Waals surface area contributed by atoms with Crippen LogP contribution in [0.2, 0.25) is 0 Å². The first-order valence-corrected chi connectivity index (χ1v) is 5.22. The average molecular weight is 214 g/mol. The van der Waals surface area contributed by atoms with E-state index in [9.17, 15) is 0 Å². The normalized spacial score (nSPS) is 9.88. The molecule has 0 heterocycles. The quantitative estimate of drug-likeness (QED) is 0.573. The largest absolute Gasteiger partial charge is 0.290 e.